The Kier molecular flexibility index (Phi) is 3.60. The Morgan fingerprint density at radius 2 is 1.50 bits per heavy atom. The Hall–Kier alpha value is -0.0800. The number of aliphatic hydroxyl groups is 1. The van der Waals surface area contributed by atoms with Crippen LogP contribution in [0.25, 0.3) is 0 Å². The van der Waals surface area contributed by atoms with E-state index in [9.17, 15) is 5.11 Å². The molecular formula is C14H26O2. The molecule has 0 aromatic heterocycles. The molecule has 0 bridgehead atoms. The van der Waals surface area contributed by atoms with Crippen LogP contribution in [0.15, 0.2) is 0 Å². The van der Waals surface area contributed by atoms with Crippen LogP contribution in [0, 0.1) is 5.41 Å². The number of aliphatic hydroxyl groups excluding tert-OH is 1. The highest BCUT2D eigenvalue weighted by atomic mass is 16.6. The molecule has 94 valence electrons. The molecule has 16 heavy (non-hydrogen) atoms. The van der Waals surface area contributed by atoms with Crippen molar-refractivity contribution in [3.8, 4) is 0 Å². The zero-order chi connectivity index (χ0) is 11.6. The normalized spacial score (nSPS) is 34.3. The van der Waals surface area contributed by atoms with Crippen molar-refractivity contribution in [1.82, 2.24) is 0 Å². The Labute approximate surface area is 99.4 Å². The fourth-order valence-electron chi connectivity index (χ4n) is 3.46. The second kappa shape index (κ2) is 4.66. The molecule has 0 amide bonds. The molecule has 0 aromatic rings. The molecule has 2 fully saturated rings. The van der Waals surface area contributed by atoms with Gasteiger partial charge in [-0.3, -0.25) is 0 Å². The van der Waals surface area contributed by atoms with Crippen molar-refractivity contribution in [1.29, 1.82) is 0 Å². The number of ether oxygens (including phenoxy) is 1. The first kappa shape index (κ1) is 12.4. The van der Waals surface area contributed by atoms with E-state index in [2.05, 4.69) is 13.8 Å². The number of rotatable bonds is 0. The van der Waals surface area contributed by atoms with Crippen molar-refractivity contribution in [3.63, 3.8) is 0 Å². The quantitative estimate of drug-likeness (QED) is 0.683. The summed E-state index contributed by atoms with van der Waals surface area (Å²) < 4.78 is 6.02. The van der Waals surface area contributed by atoms with Gasteiger partial charge in [0, 0.05) is 0 Å². The molecule has 1 N–H and O–H groups in total. The largest absolute Gasteiger partial charge is 0.368 e. The van der Waals surface area contributed by atoms with Crippen LogP contribution in [0.1, 0.15) is 71.6 Å². The molecule has 1 spiro atoms. The van der Waals surface area contributed by atoms with Crippen LogP contribution < -0.4 is 0 Å². The van der Waals surface area contributed by atoms with Crippen LogP contribution in [0.3, 0.4) is 0 Å². The predicted octanol–water partition coefficient (Wildman–Crippen LogP) is 3.62. The van der Waals surface area contributed by atoms with Gasteiger partial charge < -0.3 is 9.84 Å². The topological polar surface area (TPSA) is 29.5 Å². The van der Waals surface area contributed by atoms with Crippen LogP contribution in [0.4, 0.5) is 0 Å². The van der Waals surface area contributed by atoms with Gasteiger partial charge in [-0.1, -0.05) is 46.0 Å². The molecule has 0 aromatic carbocycles. The minimum absolute atomic E-state index is 0.0505. The van der Waals surface area contributed by atoms with Crippen molar-refractivity contribution in [2.24, 2.45) is 5.41 Å². The van der Waals surface area contributed by atoms with E-state index in [0.717, 1.165) is 25.7 Å². The van der Waals surface area contributed by atoms with E-state index in [1.807, 2.05) is 0 Å². The average molecular weight is 226 g/mol. The van der Waals surface area contributed by atoms with Gasteiger partial charge in [0.05, 0.1) is 5.60 Å². The van der Waals surface area contributed by atoms with E-state index in [4.69, 9.17) is 4.74 Å². The molecule has 1 saturated heterocycles. The third kappa shape index (κ3) is 2.28. The molecule has 1 saturated carbocycles. The SMILES string of the molecule is CC1(C)CCC(O)OC12CCCCCCC2. The molecule has 1 aliphatic carbocycles. The summed E-state index contributed by atoms with van der Waals surface area (Å²) in [7, 11) is 0. The Balaban J connectivity index is 2.15. The summed E-state index contributed by atoms with van der Waals surface area (Å²) in [4.78, 5) is 0. The fourth-order valence-corrected chi connectivity index (χ4v) is 3.46. The van der Waals surface area contributed by atoms with Gasteiger partial charge in [0.15, 0.2) is 6.29 Å². The molecule has 1 heterocycles. The first-order chi connectivity index (χ1) is 7.56. The zero-order valence-electron chi connectivity index (χ0n) is 10.8. The van der Waals surface area contributed by atoms with E-state index in [0.29, 0.717) is 0 Å². The predicted molar refractivity (Wildman–Crippen MR) is 65.2 cm³/mol. The van der Waals surface area contributed by atoms with E-state index in [1.165, 1.54) is 32.1 Å². The number of hydrogen-bond donors (Lipinski definition) is 1. The Morgan fingerprint density at radius 3 is 2.12 bits per heavy atom. The van der Waals surface area contributed by atoms with Crippen molar-refractivity contribution in [2.45, 2.75) is 83.5 Å². The summed E-state index contributed by atoms with van der Waals surface area (Å²) in [6.07, 6.45) is 10.2. The van der Waals surface area contributed by atoms with Gasteiger partial charge in [0.2, 0.25) is 0 Å². The van der Waals surface area contributed by atoms with Crippen LogP contribution >= 0.6 is 0 Å². The summed E-state index contributed by atoms with van der Waals surface area (Å²) in [5, 5.41) is 9.80. The lowest BCUT2D eigenvalue weighted by molar-refractivity contribution is -0.266. The number of hydrogen-bond acceptors (Lipinski definition) is 2. The first-order valence-corrected chi connectivity index (χ1v) is 6.92. The highest BCUT2D eigenvalue weighted by Gasteiger charge is 2.49. The zero-order valence-corrected chi connectivity index (χ0v) is 10.8. The van der Waals surface area contributed by atoms with E-state index in [1.54, 1.807) is 0 Å². The van der Waals surface area contributed by atoms with Crippen LogP contribution in [-0.2, 0) is 4.74 Å². The standard InChI is InChI=1S/C14H26O2/c1-13(2)11-8-12(15)16-14(13)9-6-4-3-5-7-10-14/h12,15H,3-11H2,1-2H3. The molecular weight excluding hydrogens is 200 g/mol. The molecule has 0 radical (unpaired) electrons. The monoisotopic (exact) mass is 226 g/mol. The maximum atomic E-state index is 9.80. The molecule has 2 heteroatoms. The molecule has 2 rings (SSSR count). The smallest absolute Gasteiger partial charge is 0.155 e. The third-order valence-electron chi connectivity index (χ3n) is 4.77. The lowest BCUT2D eigenvalue weighted by atomic mass is 9.65. The molecule has 1 atom stereocenters. The fraction of sp³-hybridized carbons (Fsp3) is 1.00. The van der Waals surface area contributed by atoms with Gasteiger partial charge in [-0.05, 0) is 31.1 Å². The first-order valence-electron chi connectivity index (χ1n) is 6.92. The van der Waals surface area contributed by atoms with Crippen molar-refractivity contribution >= 4 is 0 Å². The summed E-state index contributed by atoms with van der Waals surface area (Å²) in [6.45, 7) is 4.64. The van der Waals surface area contributed by atoms with E-state index < -0.39 is 6.29 Å². The third-order valence-corrected chi connectivity index (χ3v) is 4.77. The summed E-state index contributed by atoms with van der Waals surface area (Å²) in [6, 6.07) is 0. The highest BCUT2D eigenvalue weighted by Crippen LogP contribution is 2.50. The van der Waals surface area contributed by atoms with Gasteiger partial charge in [-0.25, -0.2) is 0 Å². The minimum atomic E-state index is -0.521. The summed E-state index contributed by atoms with van der Waals surface area (Å²) >= 11 is 0. The van der Waals surface area contributed by atoms with E-state index >= 15 is 0 Å². The minimum Gasteiger partial charge on any atom is -0.368 e. The Bertz CT molecular complexity index is 227. The van der Waals surface area contributed by atoms with Crippen LogP contribution in [-0.4, -0.2) is 17.0 Å². The summed E-state index contributed by atoms with van der Waals surface area (Å²) in [5.41, 5.74) is 0.175. The van der Waals surface area contributed by atoms with E-state index in [-0.39, 0.29) is 11.0 Å². The van der Waals surface area contributed by atoms with Gasteiger partial charge in [0.25, 0.3) is 0 Å². The lowest BCUT2D eigenvalue weighted by Gasteiger charge is -2.52. The molecule has 1 unspecified atom stereocenters. The maximum absolute atomic E-state index is 9.80. The van der Waals surface area contributed by atoms with Crippen LogP contribution in [0.2, 0.25) is 0 Å². The molecule has 2 nitrogen and oxygen atoms in total. The van der Waals surface area contributed by atoms with Gasteiger partial charge in [0.1, 0.15) is 0 Å². The Morgan fingerprint density at radius 1 is 0.938 bits per heavy atom. The van der Waals surface area contributed by atoms with Crippen molar-refractivity contribution < 1.29 is 9.84 Å². The average Bonchev–Trinajstić information content (AvgIpc) is 2.18. The highest BCUT2D eigenvalue weighted by molar-refractivity contribution is 4.98. The van der Waals surface area contributed by atoms with Gasteiger partial charge in [-0.15, -0.1) is 0 Å². The van der Waals surface area contributed by atoms with Crippen LogP contribution in [0.5, 0.6) is 0 Å². The summed E-state index contributed by atoms with van der Waals surface area (Å²) in [5.74, 6) is 0. The lowest BCUT2D eigenvalue weighted by Crippen LogP contribution is -2.53. The van der Waals surface area contributed by atoms with Gasteiger partial charge >= 0.3 is 0 Å². The molecule has 1 aliphatic heterocycles. The van der Waals surface area contributed by atoms with Crippen molar-refractivity contribution in [3.05, 3.63) is 0 Å². The second-order valence-electron chi connectivity index (χ2n) is 6.26. The second-order valence-corrected chi connectivity index (χ2v) is 6.26. The molecule has 2 aliphatic rings. The van der Waals surface area contributed by atoms with Crippen molar-refractivity contribution in [2.75, 3.05) is 0 Å². The van der Waals surface area contributed by atoms with Gasteiger partial charge in [-0.2, -0.15) is 0 Å². The maximum Gasteiger partial charge on any atom is 0.155 e.